The van der Waals surface area contributed by atoms with Gasteiger partial charge in [-0.25, -0.2) is 0 Å². The maximum Gasteiger partial charge on any atom is 0.150 e. The lowest BCUT2D eigenvalue weighted by Gasteiger charge is -2.25. The minimum atomic E-state index is 0.496. The predicted molar refractivity (Wildman–Crippen MR) is 71.7 cm³/mol. The van der Waals surface area contributed by atoms with Crippen LogP contribution >= 0.6 is 0 Å². The molecule has 3 fully saturated rings. The monoisotopic (exact) mass is 258 g/mol. The lowest BCUT2D eigenvalue weighted by Crippen LogP contribution is -2.35. The van der Waals surface area contributed by atoms with E-state index in [0.29, 0.717) is 6.04 Å². The Kier molecular flexibility index (Phi) is 2.17. The summed E-state index contributed by atoms with van der Waals surface area (Å²) in [5.41, 5.74) is 0. The molecule has 3 saturated carbocycles. The Bertz CT molecular complexity index is 492. The number of fused-ring (bicyclic) bond motifs is 2. The van der Waals surface area contributed by atoms with Crippen LogP contribution in [0.5, 0.6) is 0 Å². The highest BCUT2D eigenvalue weighted by Crippen LogP contribution is 2.61. The average molecular weight is 258 g/mol. The molecule has 5 rings (SSSR count). The zero-order valence-electron chi connectivity index (χ0n) is 11.4. The molecule has 4 nitrogen and oxygen atoms in total. The zero-order valence-corrected chi connectivity index (χ0v) is 11.4. The molecule has 1 N–H and O–H groups in total. The molecule has 3 atom stereocenters. The number of nitrogens with one attached hydrogen (secondary N) is 1. The van der Waals surface area contributed by atoms with Crippen LogP contribution in [0.1, 0.15) is 62.1 Å². The first-order chi connectivity index (χ1) is 9.43. The third kappa shape index (κ3) is 1.55. The molecular formula is C15H22N4. The van der Waals surface area contributed by atoms with Crippen LogP contribution in [0.3, 0.4) is 0 Å². The Labute approximate surface area is 114 Å². The Hall–Kier alpha value is -0.900. The number of rotatable bonds is 2. The normalized spacial score (nSPS) is 40.6. The van der Waals surface area contributed by atoms with Crippen molar-refractivity contribution >= 4 is 0 Å². The summed E-state index contributed by atoms with van der Waals surface area (Å²) in [5, 5.41) is 12.8. The molecule has 1 aromatic heterocycles. The van der Waals surface area contributed by atoms with E-state index in [1.807, 2.05) is 0 Å². The van der Waals surface area contributed by atoms with Gasteiger partial charge >= 0.3 is 0 Å². The summed E-state index contributed by atoms with van der Waals surface area (Å²) in [6, 6.07) is 0.496. The van der Waals surface area contributed by atoms with Crippen molar-refractivity contribution in [1.29, 1.82) is 0 Å². The molecule has 0 aromatic carbocycles. The van der Waals surface area contributed by atoms with E-state index in [4.69, 9.17) is 0 Å². The lowest BCUT2D eigenvalue weighted by atomic mass is 10.0. The van der Waals surface area contributed by atoms with Gasteiger partial charge in [-0.1, -0.05) is 12.8 Å². The van der Waals surface area contributed by atoms with Crippen molar-refractivity contribution in [1.82, 2.24) is 20.1 Å². The molecule has 19 heavy (non-hydrogen) atoms. The summed E-state index contributed by atoms with van der Waals surface area (Å²) < 4.78 is 2.47. The molecule has 0 radical (unpaired) electrons. The molecule has 102 valence electrons. The fraction of sp³-hybridized carbons (Fsp3) is 0.867. The first kappa shape index (κ1) is 10.8. The number of hydrogen-bond acceptors (Lipinski definition) is 3. The van der Waals surface area contributed by atoms with Crippen molar-refractivity contribution in [3.63, 3.8) is 0 Å². The maximum atomic E-state index is 4.62. The highest BCUT2D eigenvalue weighted by Gasteiger charge is 2.54. The average Bonchev–Trinajstić information content (AvgIpc) is 3.36. The van der Waals surface area contributed by atoms with Gasteiger partial charge in [-0.3, -0.25) is 0 Å². The van der Waals surface area contributed by atoms with Gasteiger partial charge in [-0.05, 0) is 43.4 Å². The van der Waals surface area contributed by atoms with Gasteiger partial charge in [0.05, 0.1) is 6.04 Å². The molecule has 0 bridgehead atoms. The van der Waals surface area contributed by atoms with Gasteiger partial charge in [0.2, 0.25) is 0 Å². The summed E-state index contributed by atoms with van der Waals surface area (Å²) in [5.74, 6) is 6.04. The van der Waals surface area contributed by atoms with E-state index in [0.717, 1.165) is 36.8 Å². The van der Waals surface area contributed by atoms with Crippen molar-refractivity contribution in [3.05, 3.63) is 11.6 Å². The van der Waals surface area contributed by atoms with Crippen molar-refractivity contribution < 1.29 is 0 Å². The topological polar surface area (TPSA) is 42.7 Å². The Balaban J connectivity index is 1.48. The SMILES string of the molecule is C1CCC2C(C1)C2c1nnc2n1CCNC2C1CC1. The molecule has 4 aliphatic rings. The van der Waals surface area contributed by atoms with Crippen molar-refractivity contribution in [2.24, 2.45) is 17.8 Å². The Morgan fingerprint density at radius 2 is 1.68 bits per heavy atom. The number of aromatic nitrogens is 3. The van der Waals surface area contributed by atoms with E-state index in [-0.39, 0.29) is 0 Å². The minimum Gasteiger partial charge on any atom is -0.312 e. The summed E-state index contributed by atoms with van der Waals surface area (Å²) in [7, 11) is 0. The van der Waals surface area contributed by atoms with Gasteiger partial charge in [0.1, 0.15) is 5.82 Å². The molecule has 0 amide bonds. The quantitative estimate of drug-likeness (QED) is 0.884. The van der Waals surface area contributed by atoms with E-state index in [1.165, 1.54) is 50.2 Å². The van der Waals surface area contributed by atoms with Gasteiger partial charge in [-0.2, -0.15) is 0 Å². The van der Waals surface area contributed by atoms with Crippen LogP contribution in [0.25, 0.3) is 0 Å². The third-order valence-corrected chi connectivity index (χ3v) is 5.83. The maximum absolute atomic E-state index is 4.62. The van der Waals surface area contributed by atoms with Crippen LogP contribution in [0.2, 0.25) is 0 Å². The number of nitrogens with zero attached hydrogens (tertiary/aromatic N) is 3. The largest absolute Gasteiger partial charge is 0.312 e. The zero-order chi connectivity index (χ0) is 12.4. The fourth-order valence-corrected chi connectivity index (χ4v) is 4.64. The molecule has 0 saturated heterocycles. The molecule has 2 heterocycles. The van der Waals surface area contributed by atoms with Crippen LogP contribution in [-0.4, -0.2) is 21.3 Å². The second kappa shape index (κ2) is 3.81. The van der Waals surface area contributed by atoms with E-state index < -0.39 is 0 Å². The first-order valence-corrected chi connectivity index (χ1v) is 8.10. The standard InChI is InChI=1S/C15H22N4/c1-2-4-11-10(3-1)12(11)14-17-18-15-13(9-5-6-9)16-7-8-19(14)15/h9-13,16H,1-8H2. The number of hydrogen-bond donors (Lipinski definition) is 1. The van der Waals surface area contributed by atoms with E-state index in [2.05, 4.69) is 20.1 Å². The van der Waals surface area contributed by atoms with Crippen LogP contribution in [-0.2, 0) is 6.54 Å². The van der Waals surface area contributed by atoms with Crippen LogP contribution in [0.15, 0.2) is 0 Å². The summed E-state index contributed by atoms with van der Waals surface area (Å²) in [6.07, 6.45) is 8.47. The second-order valence-corrected chi connectivity index (χ2v) is 6.98. The molecule has 3 unspecified atom stereocenters. The van der Waals surface area contributed by atoms with Crippen LogP contribution < -0.4 is 5.32 Å². The lowest BCUT2D eigenvalue weighted by molar-refractivity contribution is 0.376. The van der Waals surface area contributed by atoms with Gasteiger partial charge in [0.15, 0.2) is 5.82 Å². The van der Waals surface area contributed by atoms with Gasteiger partial charge in [0.25, 0.3) is 0 Å². The van der Waals surface area contributed by atoms with E-state index in [1.54, 1.807) is 0 Å². The van der Waals surface area contributed by atoms with Crippen molar-refractivity contribution in [2.75, 3.05) is 6.54 Å². The molecule has 4 heteroatoms. The Morgan fingerprint density at radius 1 is 0.947 bits per heavy atom. The molecule has 1 aliphatic heterocycles. The highest BCUT2D eigenvalue weighted by atomic mass is 15.3. The van der Waals surface area contributed by atoms with Crippen molar-refractivity contribution in [2.45, 2.75) is 57.0 Å². The predicted octanol–water partition coefficient (Wildman–Crippen LogP) is 2.24. The smallest absolute Gasteiger partial charge is 0.150 e. The summed E-state index contributed by atoms with van der Waals surface area (Å²) in [4.78, 5) is 0. The fourth-order valence-electron chi connectivity index (χ4n) is 4.64. The summed E-state index contributed by atoms with van der Waals surface area (Å²) in [6.45, 7) is 2.18. The molecule has 0 spiro atoms. The van der Waals surface area contributed by atoms with Crippen molar-refractivity contribution in [3.8, 4) is 0 Å². The highest BCUT2D eigenvalue weighted by molar-refractivity contribution is 5.20. The van der Waals surface area contributed by atoms with Crippen LogP contribution in [0, 0.1) is 17.8 Å². The first-order valence-electron chi connectivity index (χ1n) is 8.10. The van der Waals surface area contributed by atoms with Gasteiger partial charge < -0.3 is 9.88 Å². The minimum absolute atomic E-state index is 0.496. The summed E-state index contributed by atoms with van der Waals surface area (Å²) >= 11 is 0. The third-order valence-electron chi connectivity index (χ3n) is 5.83. The molecule has 3 aliphatic carbocycles. The van der Waals surface area contributed by atoms with E-state index >= 15 is 0 Å². The molecule has 1 aromatic rings. The van der Waals surface area contributed by atoms with Crippen LogP contribution in [0.4, 0.5) is 0 Å². The Morgan fingerprint density at radius 3 is 2.42 bits per heavy atom. The second-order valence-electron chi connectivity index (χ2n) is 6.98. The molecular weight excluding hydrogens is 236 g/mol. The van der Waals surface area contributed by atoms with Gasteiger partial charge in [-0.15, -0.1) is 10.2 Å². The van der Waals surface area contributed by atoms with Gasteiger partial charge in [0, 0.05) is 19.0 Å². The van der Waals surface area contributed by atoms with E-state index in [9.17, 15) is 0 Å².